The Morgan fingerprint density at radius 3 is 2.38 bits per heavy atom. The summed E-state index contributed by atoms with van der Waals surface area (Å²) in [6.45, 7) is 3.06. The minimum absolute atomic E-state index is 0. The van der Waals surface area contributed by atoms with E-state index in [1.165, 1.54) is 12.1 Å². The predicted octanol–water partition coefficient (Wildman–Crippen LogP) is 2.30. The van der Waals surface area contributed by atoms with Crippen molar-refractivity contribution in [2.24, 2.45) is 11.7 Å². The number of rotatable bonds is 4. The maximum atomic E-state index is 12.5. The Bertz CT molecular complexity index is 666. The van der Waals surface area contributed by atoms with E-state index in [2.05, 4.69) is 0 Å². The van der Waals surface area contributed by atoms with Crippen LogP contribution in [0.15, 0.2) is 29.2 Å². The molecule has 2 N–H and O–H groups in total. The molecule has 1 aliphatic heterocycles. The highest BCUT2D eigenvalue weighted by Gasteiger charge is 2.28. The number of alkyl halides is 2. The Labute approximate surface area is 146 Å². The van der Waals surface area contributed by atoms with Crippen LogP contribution in [0, 0.1) is 5.92 Å². The number of carbonyl (C=O) groups excluding carboxylic acids is 1. The topological polar surface area (TPSA) is 80.5 Å². The summed E-state index contributed by atoms with van der Waals surface area (Å²) in [5, 5.41) is 0. The fourth-order valence-corrected chi connectivity index (χ4v) is 3.42. The molecule has 0 saturated carbocycles. The van der Waals surface area contributed by atoms with Crippen molar-refractivity contribution in [3.05, 3.63) is 29.8 Å². The first-order valence-corrected chi connectivity index (χ1v) is 8.95. The van der Waals surface area contributed by atoms with Gasteiger partial charge in [0.25, 0.3) is 5.91 Å². The molecule has 1 saturated heterocycles. The van der Waals surface area contributed by atoms with Gasteiger partial charge in [0, 0.05) is 24.7 Å². The first kappa shape index (κ1) is 20.8. The van der Waals surface area contributed by atoms with Gasteiger partial charge in [-0.2, -0.15) is 8.78 Å². The quantitative estimate of drug-likeness (QED) is 0.866. The fraction of sp³-hybridized carbons (Fsp3) is 0.533. The average Bonchev–Trinajstić information content (AvgIpc) is 2.54. The monoisotopic (exact) mass is 382 g/mol. The maximum Gasteiger partial charge on any atom is 0.341 e. The smallest absolute Gasteiger partial charge is 0.338 e. The molecule has 136 valence electrons. The largest absolute Gasteiger partial charge is 0.341 e. The van der Waals surface area contributed by atoms with Gasteiger partial charge in [-0.1, -0.05) is 0 Å². The van der Waals surface area contributed by atoms with E-state index >= 15 is 0 Å². The lowest BCUT2D eigenvalue weighted by atomic mass is 9.92. The van der Waals surface area contributed by atoms with Crippen molar-refractivity contribution >= 4 is 28.2 Å². The number of likely N-dealkylation sites (tertiary alicyclic amines) is 1. The van der Waals surface area contributed by atoms with Crippen LogP contribution in [0.25, 0.3) is 0 Å². The van der Waals surface area contributed by atoms with E-state index in [9.17, 15) is 22.0 Å². The summed E-state index contributed by atoms with van der Waals surface area (Å²) >= 11 is 0. The van der Waals surface area contributed by atoms with Crippen LogP contribution in [-0.2, 0) is 9.84 Å². The van der Waals surface area contributed by atoms with Crippen molar-refractivity contribution in [2.75, 3.05) is 13.1 Å². The lowest BCUT2D eigenvalue weighted by Crippen LogP contribution is -2.45. The Morgan fingerprint density at radius 2 is 1.88 bits per heavy atom. The zero-order chi connectivity index (χ0) is 17.2. The zero-order valence-electron chi connectivity index (χ0n) is 13.2. The SMILES string of the molecule is CC(N)C1CCCN(C(=O)c2ccc(S(=O)(=O)C(F)F)cc2)C1.Cl. The lowest BCUT2D eigenvalue weighted by molar-refractivity contribution is 0.0661. The molecule has 0 radical (unpaired) electrons. The van der Waals surface area contributed by atoms with E-state index in [4.69, 9.17) is 5.73 Å². The number of amides is 1. The van der Waals surface area contributed by atoms with E-state index in [0.29, 0.717) is 13.1 Å². The van der Waals surface area contributed by atoms with Gasteiger partial charge in [-0.05, 0) is 49.9 Å². The molecule has 1 aliphatic rings. The van der Waals surface area contributed by atoms with Crippen molar-refractivity contribution in [1.29, 1.82) is 0 Å². The van der Waals surface area contributed by atoms with Gasteiger partial charge in [0.2, 0.25) is 9.84 Å². The summed E-state index contributed by atoms with van der Waals surface area (Å²) in [6, 6.07) is 4.62. The van der Waals surface area contributed by atoms with Gasteiger partial charge in [-0.25, -0.2) is 8.42 Å². The molecule has 0 aliphatic carbocycles. The van der Waals surface area contributed by atoms with Crippen molar-refractivity contribution in [3.63, 3.8) is 0 Å². The van der Waals surface area contributed by atoms with Crippen LogP contribution >= 0.6 is 12.4 Å². The Hall–Kier alpha value is -1.25. The molecule has 9 heteroatoms. The molecule has 5 nitrogen and oxygen atoms in total. The van der Waals surface area contributed by atoms with Crippen LogP contribution < -0.4 is 5.73 Å². The van der Waals surface area contributed by atoms with Crippen molar-refractivity contribution in [1.82, 2.24) is 4.90 Å². The average molecular weight is 383 g/mol. The number of halogens is 3. The molecule has 0 spiro atoms. The molecule has 24 heavy (non-hydrogen) atoms. The second-order valence-electron chi connectivity index (χ2n) is 5.84. The summed E-state index contributed by atoms with van der Waals surface area (Å²) in [6.07, 6.45) is 1.82. The molecular weight excluding hydrogens is 362 g/mol. The summed E-state index contributed by atoms with van der Waals surface area (Å²) in [4.78, 5) is 13.6. The molecule has 1 heterocycles. The number of nitrogens with zero attached hydrogens (tertiary/aromatic N) is 1. The van der Waals surface area contributed by atoms with Crippen molar-refractivity contribution < 1.29 is 22.0 Å². The number of sulfone groups is 1. The normalized spacial score (nSPS) is 19.7. The van der Waals surface area contributed by atoms with Crippen molar-refractivity contribution in [3.8, 4) is 0 Å². The Kier molecular flexibility index (Phi) is 7.12. The van der Waals surface area contributed by atoms with Crippen LogP contribution in [0.5, 0.6) is 0 Å². The third-order valence-electron chi connectivity index (χ3n) is 4.15. The van der Waals surface area contributed by atoms with Crippen LogP contribution in [-0.4, -0.2) is 44.1 Å². The summed E-state index contributed by atoms with van der Waals surface area (Å²) in [5.74, 6) is -3.49. The lowest BCUT2D eigenvalue weighted by Gasteiger charge is -2.34. The maximum absolute atomic E-state index is 12.5. The van der Waals surface area contributed by atoms with Crippen LogP contribution in [0.3, 0.4) is 0 Å². The third-order valence-corrected chi connectivity index (χ3v) is 5.55. The fourth-order valence-electron chi connectivity index (χ4n) is 2.70. The number of piperidine rings is 1. The van der Waals surface area contributed by atoms with E-state index in [1.807, 2.05) is 6.92 Å². The van der Waals surface area contributed by atoms with Crippen LogP contribution in [0.4, 0.5) is 8.78 Å². The summed E-state index contributed by atoms with van der Waals surface area (Å²) in [5.41, 5.74) is 6.17. The van der Waals surface area contributed by atoms with Crippen LogP contribution in [0.1, 0.15) is 30.1 Å². The number of nitrogens with two attached hydrogens (primary N) is 1. The molecule has 1 aromatic rings. The van der Waals surface area contributed by atoms with Gasteiger partial charge in [-0.3, -0.25) is 4.79 Å². The minimum atomic E-state index is -4.64. The second kappa shape index (κ2) is 8.22. The van der Waals surface area contributed by atoms with E-state index < -0.39 is 20.5 Å². The van der Waals surface area contributed by atoms with E-state index in [-0.39, 0.29) is 35.8 Å². The van der Waals surface area contributed by atoms with Gasteiger partial charge >= 0.3 is 5.76 Å². The number of hydrogen-bond donors (Lipinski definition) is 1. The van der Waals surface area contributed by atoms with E-state index in [1.54, 1.807) is 4.90 Å². The molecule has 0 bridgehead atoms. The first-order chi connectivity index (χ1) is 10.7. The molecule has 1 fully saturated rings. The standard InChI is InChI=1S/C15H20F2N2O3S.ClH/c1-10(18)12-3-2-8-19(9-12)14(20)11-4-6-13(7-5-11)23(21,22)15(16)17;/h4-7,10,12,15H,2-3,8-9,18H2,1H3;1H. The van der Waals surface area contributed by atoms with Crippen LogP contribution in [0.2, 0.25) is 0 Å². The molecule has 2 atom stereocenters. The summed E-state index contributed by atoms with van der Waals surface area (Å²) in [7, 11) is -4.64. The number of hydrogen-bond acceptors (Lipinski definition) is 4. The number of benzene rings is 1. The van der Waals surface area contributed by atoms with Gasteiger partial charge in [0.05, 0.1) is 4.90 Å². The highest BCUT2D eigenvalue weighted by Crippen LogP contribution is 2.22. The van der Waals surface area contributed by atoms with Gasteiger partial charge < -0.3 is 10.6 Å². The Morgan fingerprint density at radius 1 is 1.29 bits per heavy atom. The molecule has 2 rings (SSSR count). The first-order valence-electron chi connectivity index (χ1n) is 7.40. The highest BCUT2D eigenvalue weighted by atomic mass is 35.5. The molecular formula is C15H21ClF2N2O3S. The van der Waals surface area contributed by atoms with Gasteiger partial charge in [0.1, 0.15) is 0 Å². The molecule has 0 aromatic heterocycles. The predicted molar refractivity (Wildman–Crippen MR) is 89.2 cm³/mol. The summed E-state index contributed by atoms with van der Waals surface area (Å²) < 4.78 is 47.7. The molecule has 1 aromatic carbocycles. The molecule has 1 amide bonds. The highest BCUT2D eigenvalue weighted by molar-refractivity contribution is 7.91. The minimum Gasteiger partial charge on any atom is -0.338 e. The zero-order valence-corrected chi connectivity index (χ0v) is 14.8. The van der Waals surface area contributed by atoms with E-state index in [0.717, 1.165) is 25.0 Å². The second-order valence-corrected chi connectivity index (χ2v) is 7.76. The van der Waals surface area contributed by atoms with Crippen molar-refractivity contribution in [2.45, 2.75) is 36.5 Å². The number of carbonyl (C=O) groups is 1. The van der Waals surface area contributed by atoms with Gasteiger partial charge in [0.15, 0.2) is 0 Å². The third kappa shape index (κ3) is 4.43. The molecule has 2 unspecified atom stereocenters. The Balaban J connectivity index is 0.00000288. The van der Waals surface area contributed by atoms with Gasteiger partial charge in [-0.15, -0.1) is 12.4 Å².